The number of hydrogen-bond acceptors (Lipinski definition) is 8. The summed E-state index contributed by atoms with van der Waals surface area (Å²) in [4.78, 5) is 75.5. The largest absolute Gasteiger partial charge is 0.370 e. The van der Waals surface area contributed by atoms with Crippen LogP contribution in [-0.4, -0.2) is 127 Å². The molecule has 0 aliphatic carbocycles. The fraction of sp³-hybridized carbons (Fsp3) is 0.417. The first-order valence-corrected chi connectivity index (χ1v) is 16.9. The van der Waals surface area contributed by atoms with Gasteiger partial charge in [0.1, 0.15) is 24.5 Å². The summed E-state index contributed by atoms with van der Waals surface area (Å²) in [5, 5.41) is 3.97. The van der Waals surface area contributed by atoms with Gasteiger partial charge in [0.15, 0.2) is 5.96 Å². The van der Waals surface area contributed by atoms with E-state index in [4.69, 9.17) is 17.2 Å². The molecule has 0 radical (unpaired) electrons. The molecule has 15 heteroatoms. The molecule has 0 bridgehead atoms. The van der Waals surface area contributed by atoms with Gasteiger partial charge in [0.2, 0.25) is 23.6 Å². The van der Waals surface area contributed by atoms with Crippen LogP contribution in [0.25, 0.3) is 10.9 Å². The number of likely N-dealkylation sites (N-methyl/N-ethyl adjacent to an activating group) is 4. The molecule has 1 unspecified atom stereocenters. The highest BCUT2D eigenvalue weighted by atomic mass is 16.2. The van der Waals surface area contributed by atoms with E-state index < -0.39 is 41.9 Å². The number of aliphatic imine (C=N–C) groups is 3. The number of H-pyrrole nitrogens is 1. The number of guanidine groups is 1. The number of benzene rings is 2. The second-order valence-corrected chi connectivity index (χ2v) is 12.7. The molecule has 1 aromatic heterocycles. The van der Waals surface area contributed by atoms with Gasteiger partial charge < -0.3 is 42.2 Å². The van der Waals surface area contributed by atoms with E-state index in [2.05, 4.69) is 25.3 Å². The van der Waals surface area contributed by atoms with Gasteiger partial charge in [0.05, 0.1) is 12.1 Å². The summed E-state index contributed by atoms with van der Waals surface area (Å²) in [5.74, 6) is -2.03. The third-order valence-corrected chi connectivity index (χ3v) is 9.34. The molecule has 1 aliphatic rings. The normalized spacial score (nSPS) is 15.9. The molecule has 2 aromatic carbocycles. The fourth-order valence-electron chi connectivity index (χ4n) is 6.32. The molecule has 1 aliphatic heterocycles. The van der Waals surface area contributed by atoms with E-state index in [-0.39, 0.29) is 43.7 Å². The van der Waals surface area contributed by atoms with E-state index in [1.807, 2.05) is 54.6 Å². The van der Waals surface area contributed by atoms with E-state index in [1.165, 1.54) is 35.1 Å². The molecule has 0 saturated carbocycles. The number of nitrogens with two attached hydrogens (primary N) is 3. The number of hydrogen-bond donors (Lipinski definition) is 5. The van der Waals surface area contributed by atoms with Crippen LogP contribution in [-0.2, 0) is 32.0 Å². The lowest BCUT2D eigenvalue weighted by atomic mass is 9.99. The number of primary amides is 1. The lowest BCUT2D eigenvalue weighted by Crippen LogP contribution is -2.59. The molecule has 15 nitrogen and oxygen atoms in total. The predicted molar refractivity (Wildman–Crippen MR) is 199 cm³/mol. The molecule has 3 aromatic rings. The number of amides is 4. The van der Waals surface area contributed by atoms with Gasteiger partial charge in [-0.15, -0.1) is 0 Å². The Morgan fingerprint density at radius 1 is 0.863 bits per heavy atom. The van der Waals surface area contributed by atoms with Crippen molar-refractivity contribution in [1.29, 1.82) is 0 Å². The van der Waals surface area contributed by atoms with E-state index in [0.29, 0.717) is 12.8 Å². The number of fused-ring (bicyclic) bond motifs is 1. The summed E-state index contributed by atoms with van der Waals surface area (Å²) in [5.41, 5.74) is 19.5. The first kappa shape index (κ1) is 38.2. The quantitative estimate of drug-likeness (QED) is 0.0715. The van der Waals surface area contributed by atoms with Crippen LogP contribution in [0.3, 0.4) is 0 Å². The molecule has 0 saturated heterocycles. The van der Waals surface area contributed by atoms with E-state index in [0.717, 1.165) is 22.0 Å². The molecular weight excluding hydrogens is 650 g/mol. The first-order valence-electron chi connectivity index (χ1n) is 16.9. The molecule has 0 fully saturated rings. The maximum absolute atomic E-state index is 14.6. The lowest BCUT2D eigenvalue weighted by molar-refractivity contribution is -0.152. The average molecular weight is 700 g/mol. The van der Waals surface area contributed by atoms with Crippen LogP contribution in [0.15, 0.2) is 75.8 Å². The van der Waals surface area contributed by atoms with Gasteiger partial charge >= 0.3 is 0 Å². The molecule has 2 heterocycles. The Balaban J connectivity index is 1.64. The van der Waals surface area contributed by atoms with Crippen LogP contribution < -0.4 is 22.5 Å². The van der Waals surface area contributed by atoms with Crippen molar-refractivity contribution in [3.8, 4) is 0 Å². The number of nitrogens with one attached hydrogen (secondary N) is 2. The minimum Gasteiger partial charge on any atom is -0.370 e. The van der Waals surface area contributed by atoms with E-state index in [9.17, 15) is 19.2 Å². The Bertz CT molecular complexity index is 1740. The minimum absolute atomic E-state index is 0.0938. The highest BCUT2D eigenvalue weighted by Gasteiger charge is 2.39. The topological polar surface area (TPSA) is 221 Å². The summed E-state index contributed by atoms with van der Waals surface area (Å²) in [7, 11) is 6.31. The van der Waals surface area contributed by atoms with Crippen LogP contribution in [0, 0.1) is 0 Å². The highest BCUT2D eigenvalue weighted by Crippen LogP contribution is 2.23. The molecule has 8 N–H and O–H groups in total. The fourth-order valence-corrected chi connectivity index (χ4v) is 6.32. The third kappa shape index (κ3) is 9.78. The number of rotatable bonds is 18. The minimum atomic E-state index is -1.03. The Hall–Kier alpha value is -5.57. The van der Waals surface area contributed by atoms with Gasteiger partial charge in [-0.05, 0) is 43.5 Å². The number of aromatic amines is 1. The SMILES string of the molecule is CN[C@@H](CC1C=NC=N1)C(=O)N(C)[C@H](Cc1ccccc1)C(=O)N(C)[C@@H](CCCN=C(N)N)C(=O)N(C)[C@@H](Cc1c[nH]c2ccccc12)C(N)=O. The van der Waals surface area contributed by atoms with Crippen molar-refractivity contribution < 1.29 is 19.2 Å². The van der Waals surface area contributed by atoms with Gasteiger partial charge in [-0.2, -0.15) is 0 Å². The monoisotopic (exact) mass is 699 g/mol. The number of carbonyl (C=O) groups excluding carboxylic acids is 4. The van der Waals surface area contributed by atoms with E-state index in [1.54, 1.807) is 26.5 Å². The van der Waals surface area contributed by atoms with Crippen molar-refractivity contribution in [2.75, 3.05) is 34.7 Å². The number of aromatic nitrogens is 1. The molecule has 51 heavy (non-hydrogen) atoms. The Morgan fingerprint density at radius 2 is 1.51 bits per heavy atom. The Labute approximate surface area is 298 Å². The van der Waals surface area contributed by atoms with Crippen molar-refractivity contribution >= 4 is 53.0 Å². The van der Waals surface area contributed by atoms with Gasteiger partial charge in [-0.1, -0.05) is 48.5 Å². The average Bonchev–Trinajstić information content (AvgIpc) is 3.80. The summed E-state index contributed by atoms with van der Waals surface area (Å²) in [6, 6.07) is 13.1. The van der Waals surface area contributed by atoms with Crippen molar-refractivity contribution in [2.24, 2.45) is 32.2 Å². The summed E-state index contributed by atoms with van der Waals surface area (Å²) < 4.78 is 0. The second-order valence-electron chi connectivity index (χ2n) is 12.7. The van der Waals surface area contributed by atoms with Crippen molar-refractivity contribution in [3.63, 3.8) is 0 Å². The highest BCUT2D eigenvalue weighted by molar-refractivity contribution is 5.95. The van der Waals surface area contributed by atoms with Crippen molar-refractivity contribution in [2.45, 2.75) is 62.3 Å². The Morgan fingerprint density at radius 3 is 2.16 bits per heavy atom. The molecule has 5 atom stereocenters. The zero-order valence-corrected chi connectivity index (χ0v) is 29.6. The van der Waals surface area contributed by atoms with Crippen LogP contribution >= 0.6 is 0 Å². The smallest absolute Gasteiger partial charge is 0.246 e. The standard InChI is InChI=1S/C36H49N11O4/c1-40-28(19-25-21-41-22-44-25)33(49)47(4)31(17-23-11-6-5-7-12-23)35(51)45(2)29(15-10-16-42-36(38)39)34(50)46(3)30(32(37)48)18-24-20-43-27-14-9-8-13-26(24)27/h5-9,11-14,20-22,25,28-31,40,43H,10,15-19H2,1-4H3,(H2,37,48)(H4,38,39,42)/t25?,28-,29-,30-,31+/m0/s1. The third-order valence-electron chi connectivity index (χ3n) is 9.34. The van der Waals surface area contributed by atoms with Crippen LogP contribution in [0.4, 0.5) is 0 Å². The molecule has 4 rings (SSSR count). The number of nitrogens with zero attached hydrogens (tertiary/aromatic N) is 6. The van der Waals surface area contributed by atoms with Gasteiger partial charge in [0, 0.05) is 63.8 Å². The Kier molecular flexibility index (Phi) is 13.4. The first-order chi connectivity index (χ1) is 24.4. The van der Waals surface area contributed by atoms with Crippen molar-refractivity contribution in [3.05, 3.63) is 71.9 Å². The summed E-state index contributed by atoms with van der Waals surface area (Å²) in [6.07, 6.45) is 6.16. The lowest BCUT2D eigenvalue weighted by Gasteiger charge is -2.38. The maximum Gasteiger partial charge on any atom is 0.246 e. The van der Waals surface area contributed by atoms with Crippen LogP contribution in [0.2, 0.25) is 0 Å². The number of para-hydroxylation sites is 1. The zero-order chi connectivity index (χ0) is 37.1. The van der Waals surface area contributed by atoms with Crippen molar-refractivity contribution in [1.82, 2.24) is 25.0 Å². The second kappa shape index (κ2) is 17.9. The molecule has 272 valence electrons. The molecule has 4 amide bonds. The summed E-state index contributed by atoms with van der Waals surface area (Å²) >= 11 is 0. The molecule has 0 spiro atoms. The van der Waals surface area contributed by atoms with E-state index >= 15 is 0 Å². The van der Waals surface area contributed by atoms with Crippen LogP contribution in [0.5, 0.6) is 0 Å². The zero-order valence-electron chi connectivity index (χ0n) is 29.6. The predicted octanol–water partition coefficient (Wildman–Crippen LogP) is 0.432. The number of carbonyl (C=O) groups is 4. The van der Waals surface area contributed by atoms with Crippen LogP contribution in [0.1, 0.15) is 30.4 Å². The molecular formula is C36H49N11O4. The summed E-state index contributed by atoms with van der Waals surface area (Å²) in [6.45, 7) is 0.217. The van der Waals surface area contributed by atoms with Gasteiger partial charge in [-0.3, -0.25) is 29.2 Å². The van der Waals surface area contributed by atoms with Gasteiger partial charge in [-0.25, -0.2) is 4.99 Å². The maximum atomic E-state index is 14.6. The van der Waals surface area contributed by atoms with Gasteiger partial charge in [0.25, 0.3) is 0 Å².